The summed E-state index contributed by atoms with van der Waals surface area (Å²) in [6.07, 6.45) is 5.47. The molecule has 2 N–H and O–H groups in total. The average molecular weight is 366 g/mol. The summed E-state index contributed by atoms with van der Waals surface area (Å²) in [6, 6.07) is 8.28. The Morgan fingerprint density at radius 3 is 2.67 bits per heavy atom. The number of nitrogens with zero attached hydrogens (tertiary/aromatic N) is 3. The van der Waals surface area contributed by atoms with Crippen LogP contribution < -0.4 is 5.32 Å². The van der Waals surface area contributed by atoms with E-state index in [1.165, 1.54) is 0 Å². The van der Waals surface area contributed by atoms with Gasteiger partial charge in [0, 0.05) is 42.3 Å². The molecule has 0 saturated carbocycles. The van der Waals surface area contributed by atoms with Gasteiger partial charge >= 0.3 is 5.97 Å². The summed E-state index contributed by atoms with van der Waals surface area (Å²) >= 11 is 0. The van der Waals surface area contributed by atoms with Gasteiger partial charge in [-0.1, -0.05) is 18.2 Å². The fourth-order valence-corrected chi connectivity index (χ4v) is 4.73. The molecule has 2 fully saturated rings. The number of rotatable bonds is 3. The number of carboxylic acid groups (broad SMARTS) is 1. The van der Waals surface area contributed by atoms with Crippen molar-refractivity contribution >= 4 is 16.9 Å². The Balaban J connectivity index is 1.76. The van der Waals surface area contributed by atoms with Crippen LogP contribution in [0, 0.1) is 0 Å². The number of hydrogen-bond donors (Lipinski definition) is 2. The third-order valence-corrected chi connectivity index (χ3v) is 5.71. The molecule has 7 heteroatoms. The molecule has 2 aliphatic heterocycles. The van der Waals surface area contributed by atoms with Gasteiger partial charge in [-0.25, -0.2) is 4.79 Å². The summed E-state index contributed by atoms with van der Waals surface area (Å²) in [5, 5.41) is 18.8. The van der Waals surface area contributed by atoms with Crippen molar-refractivity contribution in [2.75, 3.05) is 13.2 Å². The van der Waals surface area contributed by atoms with Gasteiger partial charge in [0.15, 0.2) is 0 Å². The molecule has 2 bridgehead atoms. The average Bonchev–Trinajstić information content (AvgIpc) is 3.22. The molecule has 1 aromatic carbocycles. The molecule has 0 aliphatic carbocycles. The Bertz CT molecular complexity index is 1010. The van der Waals surface area contributed by atoms with Gasteiger partial charge in [-0.2, -0.15) is 5.10 Å². The molecule has 27 heavy (non-hydrogen) atoms. The van der Waals surface area contributed by atoms with E-state index in [0.29, 0.717) is 18.8 Å². The quantitative estimate of drug-likeness (QED) is 0.743. The molecule has 2 unspecified atom stereocenters. The van der Waals surface area contributed by atoms with Gasteiger partial charge in [0.1, 0.15) is 0 Å². The summed E-state index contributed by atoms with van der Waals surface area (Å²) in [5.41, 5.74) is 3.12. The van der Waals surface area contributed by atoms with E-state index < -0.39 is 5.97 Å². The molecule has 0 amide bonds. The van der Waals surface area contributed by atoms with Crippen molar-refractivity contribution in [3.63, 3.8) is 0 Å². The van der Waals surface area contributed by atoms with Gasteiger partial charge in [-0.05, 0) is 18.9 Å². The molecule has 0 spiro atoms. The van der Waals surface area contributed by atoms with E-state index in [4.69, 9.17) is 4.74 Å². The number of hydrogen-bond acceptors (Lipinski definition) is 4. The lowest BCUT2D eigenvalue weighted by Crippen LogP contribution is -2.53. The third kappa shape index (κ3) is 2.65. The monoisotopic (exact) mass is 366 g/mol. The number of piperidine rings is 1. The normalized spacial score (nSPS) is 25.0. The number of fused-ring (bicyclic) bond motifs is 3. The third-order valence-electron chi connectivity index (χ3n) is 5.71. The van der Waals surface area contributed by atoms with Crippen LogP contribution in [0.15, 0.2) is 36.7 Å². The predicted octanol–water partition coefficient (Wildman–Crippen LogP) is 2.30. The number of aromatic nitrogens is 3. The lowest BCUT2D eigenvalue weighted by molar-refractivity contribution is 0.0174. The van der Waals surface area contributed by atoms with E-state index >= 15 is 0 Å². The Morgan fingerprint density at radius 2 is 2.00 bits per heavy atom. The highest BCUT2D eigenvalue weighted by atomic mass is 16.5. The summed E-state index contributed by atoms with van der Waals surface area (Å²) in [6.45, 7) is 1.37. The second kappa shape index (κ2) is 6.21. The Kier molecular flexibility index (Phi) is 3.80. The second-order valence-corrected chi connectivity index (χ2v) is 7.56. The van der Waals surface area contributed by atoms with Crippen LogP contribution in [-0.4, -0.2) is 50.7 Å². The first kappa shape index (κ1) is 16.5. The topological polar surface area (TPSA) is 81.3 Å². The minimum absolute atomic E-state index is 0.156. The molecule has 2 aliphatic rings. The van der Waals surface area contributed by atoms with Crippen molar-refractivity contribution in [1.29, 1.82) is 0 Å². The maximum absolute atomic E-state index is 12.3. The van der Waals surface area contributed by atoms with Crippen LogP contribution in [-0.2, 0) is 11.8 Å². The van der Waals surface area contributed by atoms with E-state index in [-0.39, 0.29) is 18.0 Å². The molecule has 4 heterocycles. The molecular formula is C20H22N4O3. The van der Waals surface area contributed by atoms with Crippen molar-refractivity contribution in [2.45, 2.75) is 30.8 Å². The van der Waals surface area contributed by atoms with Gasteiger partial charge in [-0.15, -0.1) is 0 Å². The Morgan fingerprint density at radius 1 is 1.26 bits per heavy atom. The molecule has 2 saturated heterocycles. The van der Waals surface area contributed by atoms with Gasteiger partial charge in [0.05, 0.1) is 36.2 Å². The van der Waals surface area contributed by atoms with E-state index in [1.807, 2.05) is 37.5 Å². The summed E-state index contributed by atoms with van der Waals surface area (Å²) < 4.78 is 9.52. The van der Waals surface area contributed by atoms with Crippen LogP contribution in [0.2, 0.25) is 0 Å². The number of nitrogens with one attached hydrogen (secondary N) is 1. The van der Waals surface area contributed by atoms with Crippen molar-refractivity contribution in [2.24, 2.45) is 7.05 Å². The smallest absolute Gasteiger partial charge is 0.338 e. The number of benzene rings is 1. The highest BCUT2D eigenvalue weighted by Gasteiger charge is 2.37. The number of carboxylic acids is 1. The van der Waals surface area contributed by atoms with Crippen molar-refractivity contribution < 1.29 is 14.6 Å². The van der Waals surface area contributed by atoms with Gasteiger partial charge in [0.25, 0.3) is 0 Å². The molecule has 2 atom stereocenters. The Hall–Kier alpha value is -2.64. The molecule has 2 aromatic heterocycles. The van der Waals surface area contributed by atoms with Crippen LogP contribution in [0.1, 0.15) is 34.8 Å². The minimum Gasteiger partial charge on any atom is -0.478 e. The summed E-state index contributed by atoms with van der Waals surface area (Å²) in [7, 11) is 1.87. The molecule has 7 nitrogen and oxygen atoms in total. The largest absolute Gasteiger partial charge is 0.478 e. The number of aryl methyl sites for hydroxylation is 1. The van der Waals surface area contributed by atoms with Crippen LogP contribution >= 0.6 is 0 Å². The predicted molar refractivity (Wildman–Crippen MR) is 101 cm³/mol. The fraction of sp³-hybridized carbons (Fsp3) is 0.400. The van der Waals surface area contributed by atoms with Crippen molar-refractivity contribution in [1.82, 2.24) is 19.7 Å². The molecule has 0 radical (unpaired) electrons. The van der Waals surface area contributed by atoms with Gasteiger partial charge in [0.2, 0.25) is 0 Å². The zero-order valence-corrected chi connectivity index (χ0v) is 15.1. The highest BCUT2D eigenvalue weighted by Crippen LogP contribution is 2.40. The number of morpholine rings is 1. The van der Waals surface area contributed by atoms with Crippen LogP contribution in [0.5, 0.6) is 0 Å². The van der Waals surface area contributed by atoms with Crippen LogP contribution in [0.25, 0.3) is 16.6 Å². The van der Waals surface area contributed by atoms with E-state index in [0.717, 1.165) is 35.1 Å². The van der Waals surface area contributed by atoms with Crippen molar-refractivity contribution in [3.05, 3.63) is 47.9 Å². The summed E-state index contributed by atoms with van der Waals surface area (Å²) in [5.74, 6) is -0.715. The second-order valence-electron chi connectivity index (χ2n) is 7.56. The lowest BCUT2D eigenvalue weighted by Gasteiger charge is -2.40. The SMILES string of the molecule is Cn1cc(-n2c(C3CC4COCC(C3)N4)c(C(=O)O)c3ccccc32)cn1. The van der Waals surface area contributed by atoms with E-state index in [2.05, 4.69) is 15.0 Å². The molecule has 5 rings (SSSR count). The molecule has 3 aromatic rings. The van der Waals surface area contributed by atoms with Gasteiger partial charge in [-0.3, -0.25) is 4.68 Å². The first-order valence-electron chi connectivity index (χ1n) is 9.31. The van der Waals surface area contributed by atoms with E-state index in [9.17, 15) is 9.90 Å². The maximum atomic E-state index is 12.3. The number of para-hydroxylation sites is 1. The van der Waals surface area contributed by atoms with Gasteiger partial charge < -0.3 is 19.7 Å². The Labute approximate surface area is 156 Å². The highest BCUT2D eigenvalue weighted by molar-refractivity contribution is 6.06. The number of aromatic carboxylic acids is 1. The van der Waals surface area contributed by atoms with Crippen LogP contribution in [0.3, 0.4) is 0 Å². The number of carbonyl (C=O) groups is 1. The minimum atomic E-state index is -0.871. The molecular weight excluding hydrogens is 344 g/mol. The maximum Gasteiger partial charge on any atom is 0.338 e. The molecule has 140 valence electrons. The number of ether oxygens (including phenoxy) is 1. The summed E-state index contributed by atoms with van der Waals surface area (Å²) in [4.78, 5) is 12.3. The first-order valence-corrected chi connectivity index (χ1v) is 9.31. The fourth-order valence-electron chi connectivity index (χ4n) is 4.73. The van der Waals surface area contributed by atoms with E-state index in [1.54, 1.807) is 10.9 Å². The van der Waals surface area contributed by atoms with Crippen molar-refractivity contribution in [3.8, 4) is 5.69 Å². The standard InChI is InChI=1S/C20H22N4O3/c1-23-9-15(8-21-23)24-17-5-3-2-4-16(17)18(20(25)26)19(24)12-6-13-10-27-11-14(7-12)22-13/h2-5,8-9,12-14,22H,6-7,10-11H2,1H3,(H,25,26). The van der Waals surface area contributed by atoms with Crippen LogP contribution in [0.4, 0.5) is 0 Å². The zero-order valence-electron chi connectivity index (χ0n) is 15.1. The lowest BCUT2D eigenvalue weighted by atomic mass is 9.83. The first-order chi connectivity index (χ1) is 13.1. The zero-order chi connectivity index (χ0) is 18.5.